The number of halogens is 3. The Labute approximate surface area is 223 Å². The lowest BCUT2D eigenvalue weighted by Crippen LogP contribution is -2.35. The zero-order valence-corrected chi connectivity index (χ0v) is 20.9. The Kier molecular flexibility index (Phi) is 8.18. The molecule has 37 heavy (non-hydrogen) atoms. The second kappa shape index (κ2) is 11.7. The molecule has 1 heterocycles. The van der Waals surface area contributed by atoms with Crippen LogP contribution in [0.3, 0.4) is 0 Å². The highest BCUT2D eigenvalue weighted by molar-refractivity contribution is 6.36. The van der Waals surface area contributed by atoms with Gasteiger partial charge in [-0.15, -0.1) is 6.58 Å². The molecule has 0 fully saturated rings. The number of aromatic nitrogens is 2. The Morgan fingerprint density at radius 3 is 2.43 bits per heavy atom. The topological polar surface area (TPSA) is 76.0 Å². The van der Waals surface area contributed by atoms with Crippen molar-refractivity contribution in [3.63, 3.8) is 0 Å². The van der Waals surface area contributed by atoms with Crippen LogP contribution in [0.25, 0.3) is 23.0 Å². The molecule has 0 bridgehead atoms. The fourth-order valence-electron chi connectivity index (χ4n) is 3.48. The van der Waals surface area contributed by atoms with Gasteiger partial charge in [-0.05, 0) is 60.7 Å². The molecule has 4 aromatic rings. The number of nitrogens with zero attached hydrogens (tertiary/aromatic N) is 2. The molecule has 2 amide bonds. The third-order valence-corrected chi connectivity index (χ3v) is 5.80. The molecule has 1 aromatic heterocycles. The molecule has 9 heteroatoms. The SMILES string of the molecule is C=CCNC(=O)C(=Cc1cn(-c2ccccc2)nc1-c1ccc(F)cc1)NC(=O)c1ccc(Cl)cc1Cl. The van der Waals surface area contributed by atoms with Crippen LogP contribution in [0.15, 0.2) is 97.3 Å². The largest absolute Gasteiger partial charge is 0.347 e. The first-order chi connectivity index (χ1) is 17.9. The van der Waals surface area contributed by atoms with Gasteiger partial charge < -0.3 is 10.6 Å². The van der Waals surface area contributed by atoms with Crippen molar-refractivity contribution in [3.8, 4) is 16.9 Å². The Balaban J connectivity index is 1.80. The lowest BCUT2D eigenvalue weighted by atomic mass is 10.1. The number of para-hydroxylation sites is 1. The van der Waals surface area contributed by atoms with Crippen molar-refractivity contribution in [1.82, 2.24) is 20.4 Å². The van der Waals surface area contributed by atoms with E-state index in [4.69, 9.17) is 23.2 Å². The van der Waals surface area contributed by atoms with Gasteiger partial charge in [0.15, 0.2) is 0 Å². The maximum atomic E-state index is 13.6. The zero-order chi connectivity index (χ0) is 26.4. The molecule has 6 nitrogen and oxygen atoms in total. The van der Waals surface area contributed by atoms with E-state index in [1.54, 1.807) is 23.0 Å². The summed E-state index contributed by atoms with van der Waals surface area (Å²) in [6.45, 7) is 3.79. The summed E-state index contributed by atoms with van der Waals surface area (Å²) in [4.78, 5) is 26.0. The van der Waals surface area contributed by atoms with Gasteiger partial charge in [-0.1, -0.05) is 47.5 Å². The second-order valence-corrected chi connectivity index (χ2v) is 8.70. The first-order valence-electron chi connectivity index (χ1n) is 11.1. The highest BCUT2D eigenvalue weighted by atomic mass is 35.5. The third-order valence-electron chi connectivity index (χ3n) is 5.26. The minimum Gasteiger partial charge on any atom is -0.347 e. The summed E-state index contributed by atoms with van der Waals surface area (Å²) < 4.78 is 15.2. The van der Waals surface area contributed by atoms with Crippen LogP contribution < -0.4 is 10.6 Å². The van der Waals surface area contributed by atoms with Crippen molar-refractivity contribution >= 4 is 41.1 Å². The van der Waals surface area contributed by atoms with Crippen LogP contribution in [-0.2, 0) is 4.79 Å². The summed E-state index contributed by atoms with van der Waals surface area (Å²) in [5.74, 6) is -1.53. The van der Waals surface area contributed by atoms with E-state index >= 15 is 0 Å². The number of nitrogens with one attached hydrogen (secondary N) is 2. The quantitative estimate of drug-likeness (QED) is 0.213. The van der Waals surface area contributed by atoms with E-state index in [2.05, 4.69) is 22.3 Å². The fourth-order valence-corrected chi connectivity index (χ4v) is 3.97. The van der Waals surface area contributed by atoms with Gasteiger partial charge in [-0.25, -0.2) is 9.07 Å². The molecule has 0 aliphatic heterocycles. The molecule has 0 saturated carbocycles. The van der Waals surface area contributed by atoms with Gasteiger partial charge in [0, 0.05) is 28.9 Å². The summed E-state index contributed by atoms with van der Waals surface area (Å²) in [5, 5.41) is 10.5. The Morgan fingerprint density at radius 1 is 1.03 bits per heavy atom. The summed E-state index contributed by atoms with van der Waals surface area (Å²) in [5.41, 5.74) is 2.50. The molecule has 4 rings (SSSR count). The van der Waals surface area contributed by atoms with Gasteiger partial charge in [0.2, 0.25) is 0 Å². The van der Waals surface area contributed by atoms with Crippen molar-refractivity contribution in [2.45, 2.75) is 0 Å². The maximum Gasteiger partial charge on any atom is 0.268 e. The average Bonchev–Trinajstić information content (AvgIpc) is 3.31. The highest BCUT2D eigenvalue weighted by Crippen LogP contribution is 2.26. The van der Waals surface area contributed by atoms with E-state index < -0.39 is 11.8 Å². The molecule has 186 valence electrons. The first kappa shape index (κ1) is 25.9. The highest BCUT2D eigenvalue weighted by Gasteiger charge is 2.19. The van der Waals surface area contributed by atoms with Crippen LogP contribution in [-0.4, -0.2) is 28.1 Å². The maximum absolute atomic E-state index is 13.6. The molecule has 0 aliphatic rings. The standard InChI is InChI=1S/C28H21Cl2FN4O2/c1-2-14-32-28(37)25(33-27(36)23-13-10-20(29)16-24(23)30)15-19-17-35(22-6-4-3-5-7-22)34-26(19)18-8-11-21(31)12-9-18/h2-13,15-17H,1,14H2,(H,32,37)(H,33,36). The number of rotatable bonds is 8. The van der Waals surface area contributed by atoms with E-state index in [0.717, 1.165) is 5.69 Å². The van der Waals surface area contributed by atoms with Gasteiger partial charge in [0.05, 0.1) is 16.3 Å². The van der Waals surface area contributed by atoms with E-state index in [-0.39, 0.29) is 28.6 Å². The average molecular weight is 535 g/mol. The molecule has 0 radical (unpaired) electrons. The smallest absolute Gasteiger partial charge is 0.268 e. The second-order valence-electron chi connectivity index (χ2n) is 7.86. The molecule has 2 N–H and O–H groups in total. The summed E-state index contributed by atoms with van der Waals surface area (Å²) in [6, 6.07) is 19.6. The van der Waals surface area contributed by atoms with Crippen molar-refractivity contribution in [2.75, 3.05) is 6.54 Å². The predicted molar refractivity (Wildman–Crippen MR) is 144 cm³/mol. The summed E-state index contributed by atoms with van der Waals surface area (Å²) in [7, 11) is 0. The first-order valence-corrected chi connectivity index (χ1v) is 11.9. The Hall–Kier alpha value is -4.20. The van der Waals surface area contributed by atoms with E-state index in [9.17, 15) is 14.0 Å². The third kappa shape index (κ3) is 6.33. The predicted octanol–water partition coefficient (Wildman–Crippen LogP) is 6.06. The Bertz CT molecular complexity index is 1480. The lowest BCUT2D eigenvalue weighted by Gasteiger charge is -2.11. The van der Waals surface area contributed by atoms with Gasteiger partial charge in [0.1, 0.15) is 17.2 Å². The molecule has 0 unspecified atom stereocenters. The van der Waals surface area contributed by atoms with Gasteiger partial charge >= 0.3 is 0 Å². The van der Waals surface area contributed by atoms with Crippen molar-refractivity contribution in [2.24, 2.45) is 0 Å². The minimum absolute atomic E-state index is 0.0474. The van der Waals surface area contributed by atoms with Crippen LogP contribution in [0.4, 0.5) is 4.39 Å². The lowest BCUT2D eigenvalue weighted by molar-refractivity contribution is -0.117. The van der Waals surface area contributed by atoms with Gasteiger partial charge in [-0.3, -0.25) is 9.59 Å². The molecule has 0 spiro atoms. The normalized spacial score (nSPS) is 11.2. The van der Waals surface area contributed by atoms with Crippen LogP contribution in [0, 0.1) is 5.82 Å². The molecule has 0 atom stereocenters. The van der Waals surface area contributed by atoms with Crippen molar-refractivity contribution in [1.29, 1.82) is 0 Å². The van der Waals surface area contributed by atoms with Crippen LogP contribution in [0.1, 0.15) is 15.9 Å². The molecule has 0 aliphatic carbocycles. The van der Waals surface area contributed by atoms with E-state index in [0.29, 0.717) is 21.8 Å². The summed E-state index contributed by atoms with van der Waals surface area (Å²) in [6.07, 6.45) is 4.74. The van der Waals surface area contributed by atoms with E-state index in [1.807, 2.05) is 30.3 Å². The number of carbonyl (C=O) groups excluding carboxylic acids is 2. The number of hydrogen-bond acceptors (Lipinski definition) is 3. The molecular formula is C28H21Cl2FN4O2. The van der Waals surface area contributed by atoms with Crippen LogP contribution in [0.5, 0.6) is 0 Å². The fraction of sp³-hybridized carbons (Fsp3) is 0.0357. The van der Waals surface area contributed by atoms with Crippen LogP contribution >= 0.6 is 23.2 Å². The number of benzene rings is 3. The zero-order valence-electron chi connectivity index (χ0n) is 19.4. The minimum atomic E-state index is -0.597. The monoisotopic (exact) mass is 534 g/mol. The number of hydrogen-bond donors (Lipinski definition) is 2. The van der Waals surface area contributed by atoms with Gasteiger partial charge in [0.25, 0.3) is 11.8 Å². The van der Waals surface area contributed by atoms with Crippen LogP contribution in [0.2, 0.25) is 10.0 Å². The van der Waals surface area contributed by atoms with Crippen molar-refractivity contribution < 1.29 is 14.0 Å². The van der Waals surface area contributed by atoms with Gasteiger partial charge in [-0.2, -0.15) is 5.10 Å². The number of carbonyl (C=O) groups is 2. The Morgan fingerprint density at radius 2 is 1.76 bits per heavy atom. The van der Waals surface area contributed by atoms with E-state index in [1.165, 1.54) is 42.5 Å². The molecule has 0 saturated heterocycles. The molecule has 3 aromatic carbocycles. The summed E-state index contributed by atoms with van der Waals surface area (Å²) >= 11 is 12.1. The molecular weight excluding hydrogens is 514 g/mol. The number of amides is 2. The van der Waals surface area contributed by atoms with Crippen molar-refractivity contribution in [3.05, 3.63) is 124 Å².